The van der Waals surface area contributed by atoms with Gasteiger partial charge in [0.15, 0.2) is 0 Å². The van der Waals surface area contributed by atoms with E-state index in [1.807, 2.05) is 24.3 Å². The first kappa shape index (κ1) is 22.6. The number of nitriles is 1. The van der Waals surface area contributed by atoms with Gasteiger partial charge in [-0.25, -0.2) is 4.98 Å². The molecule has 30 heavy (non-hydrogen) atoms. The first-order valence-corrected chi connectivity index (χ1v) is 17.7. The SMILES string of the molecule is Cc1c(Nc2nc(C3CC3)ccc2C#N)cccc1O[Si](C)(C)[Si](C)(C)C(C)(C)C. The summed E-state index contributed by atoms with van der Waals surface area (Å²) in [5, 5.41) is 13.2. The maximum absolute atomic E-state index is 9.54. The van der Waals surface area contributed by atoms with Crippen LogP contribution >= 0.6 is 0 Å². The Morgan fingerprint density at radius 2 is 1.77 bits per heavy atom. The molecular weight excluding hydrogens is 402 g/mol. The van der Waals surface area contributed by atoms with Crippen molar-refractivity contribution in [3.63, 3.8) is 0 Å². The second-order valence-corrected chi connectivity index (χ2v) is 25.9. The highest BCUT2D eigenvalue weighted by Gasteiger charge is 2.52. The van der Waals surface area contributed by atoms with Crippen LogP contribution in [0.3, 0.4) is 0 Å². The predicted octanol–water partition coefficient (Wildman–Crippen LogP) is 7.05. The number of pyridine rings is 1. The number of benzene rings is 1. The lowest BCUT2D eigenvalue weighted by atomic mass is 10.1. The number of hydrogen-bond donors (Lipinski definition) is 1. The molecule has 0 radical (unpaired) electrons. The lowest BCUT2D eigenvalue weighted by molar-refractivity contribution is 0.557. The van der Waals surface area contributed by atoms with Gasteiger partial charge in [0, 0.05) is 22.9 Å². The summed E-state index contributed by atoms with van der Waals surface area (Å²) in [6, 6.07) is 12.3. The molecule has 4 nitrogen and oxygen atoms in total. The third-order valence-electron chi connectivity index (χ3n) is 7.32. The van der Waals surface area contributed by atoms with Crippen LogP contribution in [0.5, 0.6) is 5.75 Å². The predicted molar refractivity (Wildman–Crippen MR) is 131 cm³/mol. The molecule has 0 unspecified atom stereocenters. The van der Waals surface area contributed by atoms with Gasteiger partial charge in [-0.15, -0.1) is 0 Å². The van der Waals surface area contributed by atoms with Crippen molar-refractivity contribution >= 4 is 26.9 Å². The molecule has 0 amide bonds. The highest BCUT2D eigenvalue weighted by atomic mass is 29.3. The number of nitrogens with one attached hydrogen (secondary N) is 1. The maximum atomic E-state index is 9.54. The van der Waals surface area contributed by atoms with E-state index in [0.717, 1.165) is 22.7 Å². The van der Waals surface area contributed by atoms with Gasteiger partial charge < -0.3 is 9.74 Å². The van der Waals surface area contributed by atoms with Gasteiger partial charge >= 0.3 is 0 Å². The molecule has 2 aromatic rings. The van der Waals surface area contributed by atoms with Crippen molar-refractivity contribution < 1.29 is 4.43 Å². The molecule has 1 heterocycles. The summed E-state index contributed by atoms with van der Waals surface area (Å²) < 4.78 is 6.81. The molecule has 1 aromatic heterocycles. The largest absolute Gasteiger partial charge is 0.547 e. The highest BCUT2D eigenvalue weighted by Crippen LogP contribution is 2.43. The van der Waals surface area contributed by atoms with E-state index >= 15 is 0 Å². The molecule has 1 saturated carbocycles. The molecule has 1 aliphatic rings. The quantitative estimate of drug-likeness (QED) is 0.492. The second kappa shape index (κ2) is 7.86. The highest BCUT2D eigenvalue weighted by molar-refractivity contribution is 7.39. The first-order valence-electron chi connectivity index (χ1n) is 10.8. The summed E-state index contributed by atoms with van der Waals surface area (Å²) >= 11 is 0. The van der Waals surface area contributed by atoms with Gasteiger partial charge in [-0.3, -0.25) is 0 Å². The minimum absolute atomic E-state index is 0.279. The van der Waals surface area contributed by atoms with Crippen LogP contribution < -0.4 is 9.74 Å². The zero-order chi connectivity index (χ0) is 22.3. The minimum atomic E-state index is -1.94. The van der Waals surface area contributed by atoms with Crippen LogP contribution in [0.25, 0.3) is 0 Å². The Morgan fingerprint density at radius 3 is 2.33 bits per heavy atom. The fourth-order valence-electron chi connectivity index (χ4n) is 3.56. The molecule has 1 N–H and O–H groups in total. The van der Waals surface area contributed by atoms with E-state index in [9.17, 15) is 5.26 Å². The third-order valence-corrected chi connectivity index (χ3v) is 26.4. The van der Waals surface area contributed by atoms with E-state index in [2.05, 4.69) is 71.3 Å². The normalized spacial score (nSPS) is 14.9. The van der Waals surface area contributed by atoms with Crippen LogP contribution in [0.4, 0.5) is 11.5 Å². The van der Waals surface area contributed by atoms with Crippen LogP contribution in [-0.2, 0) is 0 Å². The van der Waals surface area contributed by atoms with Gasteiger partial charge in [0.1, 0.15) is 17.6 Å². The Labute approximate surface area is 183 Å². The number of rotatable bonds is 6. The molecule has 0 spiro atoms. The van der Waals surface area contributed by atoms with Crippen molar-refractivity contribution in [1.29, 1.82) is 5.26 Å². The fraction of sp³-hybridized carbons (Fsp3) is 0.500. The van der Waals surface area contributed by atoms with E-state index in [4.69, 9.17) is 9.41 Å². The molecule has 0 bridgehead atoms. The third kappa shape index (κ3) is 4.33. The summed E-state index contributed by atoms with van der Waals surface area (Å²) in [5.41, 5.74) is 3.66. The average Bonchev–Trinajstić information content (AvgIpc) is 3.49. The van der Waals surface area contributed by atoms with E-state index < -0.39 is 15.4 Å². The summed E-state index contributed by atoms with van der Waals surface area (Å²) in [6.45, 7) is 18.8. The zero-order valence-corrected chi connectivity index (χ0v) is 21.7. The van der Waals surface area contributed by atoms with Crippen molar-refractivity contribution in [3.05, 3.63) is 47.2 Å². The molecule has 1 aromatic carbocycles. The van der Waals surface area contributed by atoms with Crippen LogP contribution in [0.1, 0.15) is 56.4 Å². The van der Waals surface area contributed by atoms with Gasteiger partial charge in [-0.05, 0) is 62.2 Å². The lowest BCUT2D eigenvalue weighted by Crippen LogP contribution is -2.64. The number of hydrogen-bond acceptors (Lipinski definition) is 4. The van der Waals surface area contributed by atoms with Gasteiger partial charge in [0.25, 0.3) is 0 Å². The van der Waals surface area contributed by atoms with Crippen LogP contribution in [0.15, 0.2) is 30.3 Å². The van der Waals surface area contributed by atoms with Gasteiger partial charge in [0.05, 0.1) is 13.2 Å². The number of nitrogens with zero attached hydrogens (tertiary/aromatic N) is 2. The van der Waals surface area contributed by atoms with Crippen molar-refractivity contribution in [2.75, 3.05) is 5.32 Å². The Balaban J connectivity index is 1.91. The molecule has 1 fully saturated rings. The van der Waals surface area contributed by atoms with Crippen LogP contribution in [0, 0.1) is 18.3 Å². The van der Waals surface area contributed by atoms with Crippen LogP contribution in [-0.4, -0.2) is 20.4 Å². The lowest BCUT2D eigenvalue weighted by Gasteiger charge is -2.46. The van der Waals surface area contributed by atoms with E-state index in [1.165, 1.54) is 12.8 Å². The molecule has 3 rings (SSSR count). The van der Waals surface area contributed by atoms with Gasteiger partial charge in [-0.1, -0.05) is 39.9 Å². The Kier molecular flexibility index (Phi) is 5.92. The Morgan fingerprint density at radius 1 is 1.10 bits per heavy atom. The summed E-state index contributed by atoms with van der Waals surface area (Å²) in [7, 11) is -3.56. The van der Waals surface area contributed by atoms with E-state index in [-0.39, 0.29) is 5.04 Å². The van der Waals surface area contributed by atoms with Crippen LogP contribution in [0.2, 0.25) is 31.2 Å². The monoisotopic (exact) mass is 437 g/mol. The topological polar surface area (TPSA) is 57.9 Å². The summed E-state index contributed by atoms with van der Waals surface area (Å²) in [6.07, 6.45) is 2.38. The summed E-state index contributed by atoms with van der Waals surface area (Å²) in [5.74, 6) is 2.13. The molecule has 6 heteroatoms. The summed E-state index contributed by atoms with van der Waals surface area (Å²) in [4.78, 5) is 4.76. The minimum Gasteiger partial charge on any atom is -0.547 e. The van der Waals surface area contributed by atoms with Gasteiger partial charge in [0.2, 0.25) is 7.83 Å². The van der Waals surface area contributed by atoms with E-state index in [1.54, 1.807) is 0 Å². The second-order valence-electron chi connectivity index (χ2n) is 10.6. The Bertz CT molecular complexity index is 983. The Hall–Kier alpha value is -2.11. The number of aromatic nitrogens is 1. The average molecular weight is 438 g/mol. The van der Waals surface area contributed by atoms with E-state index in [0.29, 0.717) is 17.3 Å². The fourth-order valence-corrected chi connectivity index (χ4v) is 12.9. The molecule has 0 saturated heterocycles. The maximum Gasteiger partial charge on any atom is 0.229 e. The van der Waals surface area contributed by atoms with Gasteiger partial charge in [-0.2, -0.15) is 5.26 Å². The molecule has 0 aliphatic heterocycles. The standard InChI is InChI=1S/C24H35N3OSi2/c1-17-20(26-23-19(16-25)14-15-21(27-23)18-12-13-18)10-9-11-22(17)28-30(7,8)29(5,6)24(2,3)4/h9-11,14-15,18H,12-13H2,1-8H3,(H,26,27). The van der Waals surface area contributed by atoms with Crippen molar-refractivity contribution in [1.82, 2.24) is 4.98 Å². The molecular formula is C24H35N3OSi2. The van der Waals surface area contributed by atoms with Crippen molar-refractivity contribution in [2.45, 2.75) is 77.7 Å². The zero-order valence-electron chi connectivity index (χ0n) is 19.7. The van der Waals surface area contributed by atoms with Crippen molar-refractivity contribution in [3.8, 4) is 11.8 Å². The number of anilines is 2. The molecule has 160 valence electrons. The molecule has 1 aliphatic carbocycles. The smallest absolute Gasteiger partial charge is 0.229 e. The van der Waals surface area contributed by atoms with Crippen molar-refractivity contribution in [2.24, 2.45) is 0 Å². The molecule has 0 atom stereocenters. The first-order chi connectivity index (χ1) is 13.9.